The van der Waals surface area contributed by atoms with Gasteiger partial charge in [-0.1, -0.05) is 27.7 Å². The number of aromatic nitrogens is 2. The van der Waals surface area contributed by atoms with Gasteiger partial charge in [0.25, 0.3) is 0 Å². The molecule has 1 saturated heterocycles. The van der Waals surface area contributed by atoms with E-state index in [0.717, 1.165) is 50.0 Å². The molecule has 1 fully saturated rings. The van der Waals surface area contributed by atoms with Gasteiger partial charge >= 0.3 is 0 Å². The Balaban J connectivity index is 1.91. The Morgan fingerprint density at radius 2 is 2.00 bits per heavy atom. The first kappa shape index (κ1) is 15.2. The van der Waals surface area contributed by atoms with E-state index in [0.29, 0.717) is 5.41 Å². The van der Waals surface area contributed by atoms with Gasteiger partial charge in [-0.2, -0.15) is 0 Å². The van der Waals surface area contributed by atoms with Crippen LogP contribution in [0, 0.1) is 11.3 Å². The molecule has 0 aliphatic carbocycles. The zero-order chi connectivity index (χ0) is 14.6. The van der Waals surface area contributed by atoms with Crippen molar-refractivity contribution in [2.45, 2.75) is 47.1 Å². The molecule has 1 atom stereocenters. The summed E-state index contributed by atoms with van der Waals surface area (Å²) in [6, 6.07) is 0. The van der Waals surface area contributed by atoms with Crippen molar-refractivity contribution in [1.82, 2.24) is 15.3 Å². The minimum atomic E-state index is 0.374. The summed E-state index contributed by atoms with van der Waals surface area (Å²) in [6.45, 7) is 13.2. The number of anilines is 1. The summed E-state index contributed by atoms with van der Waals surface area (Å²) >= 11 is 0. The van der Waals surface area contributed by atoms with Crippen molar-refractivity contribution in [3.05, 3.63) is 18.0 Å². The molecule has 4 nitrogen and oxygen atoms in total. The Hall–Kier alpha value is -1.16. The van der Waals surface area contributed by atoms with E-state index in [-0.39, 0.29) is 0 Å². The van der Waals surface area contributed by atoms with Crippen LogP contribution in [0.5, 0.6) is 0 Å². The van der Waals surface area contributed by atoms with Crippen molar-refractivity contribution in [2.24, 2.45) is 11.3 Å². The quantitative estimate of drug-likeness (QED) is 0.840. The maximum absolute atomic E-state index is 4.53. The molecule has 0 amide bonds. The second-order valence-corrected chi connectivity index (χ2v) is 6.87. The smallest absolute Gasteiger partial charge is 0.225 e. The van der Waals surface area contributed by atoms with Crippen LogP contribution in [0.4, 0.5) is 5.95 Å². The summed E-state index contributed by atoms with van der Waals surface area (Å²) < 4.78 is 0. The zero-order valence-electron chi connectivity index (χ0n) is 13.3. The molecular weight excluding hydrogens is 248 g/mol. The molecular formula is C16H28N4. The normalized spacial score (nSPS) is 19.6. The lowest BCUT2D eigenvalue weighted by Gasteiger charge is -2.26. The van der Waals surface area contributed by atoms with E-state index < -0.39 is 0 Å². The van der Waals surface area contributed by atoms with E-state index in [1.54, 1.807) is 0 Å². The average molecular weight is 276 g/mol. The second-order valence-electron chi connectivity index (χ2n) is 6.87. The van der Waals surface area contributed by atoms with Crippen molar-refractivity contribution in [2.75, 3.05) is 24.5 Å². The molecule has 1 aliphatic heterocycles. The molecule has 1 aromatic rings. The van der Waals surface area contributed by atoms with Crippen LogP contribution in [-0.2, 0) is 6.54 Å². The predicted octanol–water partition coefficient (Wildman–Crippen LogP) is 2.85. The Morgan fingerprint density at radius 3 is 2.55 bits per heavy atom. The largest absolute Gasteiger partial charge is 0.341 e. The number of hydrogen-bond acceptors (Lipinski definition) is 4. The highest BCUT2D eigenvalue weighted by molar-refractivity contribution is 5.32. The Morgan fingerprint density at radius 1 is 1.30 bits per heavy atom. The van der Waals surface area contributed by atoms with E-state index in [1.807, 2.05) is 12.4 Å². The number of nitrogens with one attached hydrogen (secondary N) is 1. The van der Waals surface area contributed by atoms with Crippen molar-refractivity contribution in [3.63, 3.8) is 0 Å². The molecule has 1 N–H and O–H groups in total. The fourth-order valence-corrected chi connectivity index (χ4v) is 2.66. The minimum Gasteiger partial charge on any atom is -0.341 e. The van der Waals surface area contributed by atoms with Gasteiger partial charge in [0.1, 0.15) is 0 Å². The first-order chi connectivity index (χ1) is 9.50. The van der Waals surface area contributed by atoms with Crippen LogP contribution in [0.15, 0.2) is 12.4 Å². The molecule has 1 unspecified atom stereocenters. The Bertz CT molecular complexity index is 407. The summed E-state index contributed by atoms with van der Waals surface area (Å²) in [5.41, 5.74) is 1.53. The van der Waals surface area contributed by atoms with Crippen LogP contribution in [-0.4, -0.2) is 29.6 Å². The SMILES string of the molecule is CCCNCc1cnc(N2CCC(C(C)(C)C)C2)nc1. The van der Waals surface area contributed by atoms with Crippen molar-refractivity contribution >= 4 is 5.95 Å². The summed E-state index contributed by atoms with van der Waals surface area (Å²) in [6.07, 6.45) is 6.30. The maximum atomic E-state index is 4.53. The van der Waals surface area contributed by atoms with Crippen molar-refractivity contribution in [3.8, 4) is 0 Å². The van der Waals surface area contributed by atoms with Gasteiger partial charge in [-0.05, 0) is 30.7 Å². The lowest BCUT2D eigenvalue weighted by molar-refractivity contribution is 0.263. The molecule has 0 radical (unpaired) electrons. The summed E-state index contributed by atoms with van der Waals surface area (Å²) in [4.78, 5) is 11.4. The van der Waals surface area contributed by atoms with E-state index >= 15 is 0 Å². The van der Waals surface area contributed by atoms with Gasteiger partial charge in [0.05, 0.1) is 0 Å². The first-order valence-electron chi connectivity index (χ1n) is 7.77. The van der Waals surface area contributed by atoms with Crippen molar-refractivity contribution in [1.29, 1.82) is 0 Å². The average Bonchev–Trinajstić information content (AvgIpc) is 2.89. The van der Waals surface area contributed by atoms with Gasteiger partial charge in [-0.3, -0.25) is 0 Å². The van der Waals surface area contributed by atoms with Crippen LogP contribution in [0.2, 0.25) is 0 Å². The van der Waals surface area contributed by atoms with E-state index in [1.165, 1.54) is 6.42 Å². The third-order valence-electron chi connectivity index (χ3n) is 4.14. The molecule has 0 aromatic carbocycles. The molecule has 1 aliphatic rings. The van der Waals surface area contributed by atoms with Crippen LogP contribution in [0.1, 0.15) is 46.1 Å². The molecule has 0 bridgehead atoms. The van der Waals surface area contributed by atoms with Gasteiger partial charge in [0, 0.05) is 37.6 Å². The highest BCUT2D eigenvalue weighted by atomic mass is 15.3. The van der Waals surface area contributed by atoms with Crippen molar-refractivity contribution < 1.29 is 0 Å². The van der Waals surface area contributed by atoms with Gasteiger partial charge < -0.3 is 10.2 Å². The molecule has 0 saturated carbocycles. The van der Waals surface area contributed by atoms with Crippen LogP contribution < -0.4 is 10.2 Å². The summed E-state index contributed by atoms with van der Waals surface area (Å²) in [5, 5.41) is 3.37. The van der Waals surface area contributed by atoms with Crippen LogP contribution >= 0.6 is 0 Å². The lowest BCUT2D eigenvalue weighted by Crippen LogP contribution is -2.27. The van der Waals surface area contributed by atoms with Gasteiger partial charge in [-0.15, -0.1) is 0 Å². The molecule has 2 rings (SSSR count). The molecule has 4 heteroatoms. The number of nitrogens with zero attached hydrogens (tertiary/aromatic N) is 3. The van der Waals surface area contributed by atoms with E-state index in [9.17, 15) is 0 Å². The summed E-state index contributed by atoms with van der Waals surface area (Å²) in [7, 11) is 0. The predicted molar refractivity (Wildman–Crippen MR) is 83.8 cm³/mol. The molecule has 20 heavy (non-hydrogen) atoms. The third-order valence-corrected chi connectivity index (χ3v) is 4.14. The molecule has 1 aromatic heterocycles. The van der Waals surface area contributed by atoms with Gasteiger partial charge in [0.2, 0.25) is 5.95 Å². The number of rotatable bonds is 5. The molecule has 0 spiro atoms. The van der Waals surface area contributed by atoms with E-state index in [2.05, 4.69) is 47.9 Å². The van der Waals surface area contributed by atoms with Crippen LogP contribution in [0.3, 0.4) is 0 Å². The minimum absolute atomic E-state index is 0.374. The first-order valence-corrected chi connectivity index (χ1v) is 7.77. The standard InChI is InChI=1S/C16H28N4/c1-5-7-17-9-13-10-18-15(19-11-13)20-8-6-14(12-20)16(2,3)4/h10-11,14,17H,5-9,12H2,1-4H3. The molecule has 2 heterocycles. The van der Waals surface area contributed by atoms with E-state index in [4.69, 9.17) is 0 Å². The number of hydrogen-bond donors (Lipinski definition) is 1. The lowest BCUT2D eigenvalue weighted by atomic mass is 9.80. The highest BCUT2D eigenvalue weighted by Gasteiger charge is 2.32. The van der Waals surface area contributed by atoms with Crippen LogP contribution in [0.25, 0.3) is 0 Å². The Labute approximate surface area is 123 Å². The highest BCUT2D eigenvalue weighted by Crippen LogP contribution is 2.34. The zero-order valence-corrected chi connectivity index (χ0v) is 13.3. The monoisotopic (exact) mass is 276 g/mol. The topological polar surface area (TPSA) is 41.1 Å². The summed E-state index contributed by atoms with van der Waals surface area (Å²) in [5.74, 6) is 1.62. The fourth-order valence-electron chi connectivity index (χ4n) is 2.66. The molecule has 112 valence electrons. The third kappa shape index (κ3) is 3.92. The Kier molecular flexibility index (Phi) is 4.97. The van der Waals surface area contributed by atoms with Gasteiger partial charge in [0.15, 0.2) is 0 Å². The fraction of sp³-hybridized carbons (Fsp3) is 0.750. The van der Waals surface area contributed by atoms with Gasteiger partial charge in [-0.25, -0.2) is 9.97 Å². The maximum Gasteiger partial charge on any atom is 0.225 e. The second kappa shape index (κ2) is 6.53.